The lowest BCUT2D eigenvalue weighted by Crippen LogP contribution is -2.26. The van der Waals surface area contributed by atoms with Crippen LogP contribution in [0.1, 0.15) is 16.7 Å². The monoisotopic (exact) mass is 438 g/mol. The molecule has 0 aliphatic carbocycles. The lowest BCUT2D eigenvalue weighted by atomic mass is 10.1. The molecule has 0 aromatic heterocycles. The fourth-order valence-corrected chi connectivity index (χ4v) is 4.03. The number of nitrogens with one attached hydrogen (secondary N) is 2. The quantitative estimate of drug-likeness (QED) is 0.532. The molecule has 6 nitrogen and oxygen atoms in total. The van der Waals surface area contributed by atoms with Crippen LogP contribution >= 0.6 is 0 Å². The fourth-order valence-electron chi connectivity index (χ4n) is 2.99. The zero-order chi connectivity index (χ0) is 22.3. The second-order valence-electron chi connectivity index (χ2n) is 7.19. The molecule has 162 valence electrons. The van der Waals surface area contributed by atoms with Crippen molar-refractivity contribution in [2.24, 2.45) is 0 Å². The molecule has 0 spiro atoms. The lowest BCUT2D eigenvalue weighted by Gasteiger charge is -2.11. The zero-order valence-electron chi connectivity index (χ0n) is 17.6. The normalized spacial score (nSPS) is 11.2. The van der Waals surface area contributed by atoms with Gasteiger partial charge >= 0.3 is 0 Å². The fraction of sp³-hybridized carbons (Fsp3) is 0.208. The number of ether oxygens (including phenoxy) is 1. The highest BCUT2D eigenvalue weighted by atomic mass is 32.2. The van der Waals surface area contributed by atoms with Gasteiger partial charge in [-0.15, -0.1) is 0 Å². The van der Waals surface area contributed by atoms with E-state index < -0.39 is 10.0 Å². The van der Waals surface area contributed by atoms with Gasteiger partial charge in [-0.3, -0.25) is 4.79 Å². The Morgan fingerprint density at radius 3 is 2.32 bits per heavy atom. The molecule has 0 radical (unpaired) electrons. The topological polar surface area (TPSA) is 84.5 Å². The molecule has 3 rings (SSSR count). The number of aryl methyl sites for hydroxylation is 1. The molecule has 2 N–H and O–H groups in total. The second kappa shape index (κ2) is 10.2. The maximum atomic E-state index is 12.4. The van der Waals surface area contributed by atoms with Gasteiger partial charge in [0.15, 0.2) is 6.61 Å². The third kappa shape index (κ3) is 6.41. The highest BCUT2D eigenvalue weighted by Gasteiger charge is 2.14. The molecule has 31 heavy (non-hydrogen) atoms. The maximum absolute atomic E-state index is 12.4. The summed E-state index contributed by atoms with van der Waals surface area (Å²) in [5.74, 6) is 0.132. The second-order valence-corrected chi connectivity index (χ2v) is 8.96. The van der Waals surface area contributed by atoms with E-state index in [1.165, 1.54) is 24.3 Å². The number of hydrogen-bond donors (Lipinski definition) is 2. The average molecular weight is 439 g/mol. The van der Waals surface area contributed by atoms with E-state index in [0.29, 0.717) is 18.7 Å². The average Bonchev–Trinajstić information content (AvgIpc) is 2.76. The van der Waals surface area contributed by atoms with Gasteiger partial charge in [0.1, 0.15) is 5.75 Å². The summed E-state index contributed by atoms with van der Waals surface area (Å²) in [6.07, 6.45) is 0.608. The van der Waals surface area contributed by atoms with Gasteiger partial charge in [-0.05, 0) is 67.3 Å². The van der Waals surface area contributed by atoms with Gasteiger partial charge < -0.3 is 10.1 Å². The van der Waals surface area contributed by atoms with E-state index in [9.17, 15) is 13.2 Å². The Labute approximate surface area is 183 Å². The number of benzene rings is 3. The van der Waals surface area contributed by atoms with Crippen molar-refractivity contribution in [1.82, 2.24) is 4.72 Å². The number of amides is 1. The van der Waals surface area contributed by atoms with Crippen LogP contribution in [0.4, 0.5) is 5.69 Å². The molecular weight excluding hydrogens is 412 g/mol. The molecule has 0 heterocycles. The molecule has 0 aliphatic rings. The summed E-state index contributed by atoms with van der Waals surface area (Å²) in [5.41, 5.74) is 3.91. The van der Waals surface area contributed by atoms with E-state index in [4.69, 9.17) is 4.74 Å². The van der Waals surface area contributed by atoms with Gasteiger partial charge in [-0.25, -0.2) is 13.1 Å². The van der Waals surface area contributed by atoms with Crippen LogP contribution < -0.4 is 14.8 Å². The largest absolute Gasteiger partial charge is 0.484 e. The lowest BCUT2D eigenvalue weighted by molar-refractivity contribution is -0.118. The molecule has 0 atom stereocenters. The first kappa shape index (κ1) is 22.5. The van der Waals surface area contributed by atoms with Crippen LogP contribution in [-0.2, 0) is 21.2 Å². The predicted octanol–water partition coefficient (Wildman–Crippen LogP) is 3.84. The van der Waals surface area contributed by atoms with Gasteiger partial charge in [0.25, 0.3) is 5.91 Å². The molecule has 1 amide bonds. The van der Waals surface area contributed by atoms with Crippen molar-refractivity contribution < 1.29 is 17.9 Å². The van der Waals surface area contributed by atoms with Crippen LogP contribution in [0.15, 0.2) is 77.7 Å². The SMILES string of the molecule is Cc1cccc(NC(=O)COc2ccc(S(=O)(=O)NCCc3ccccc3)cc2)c1C. The minimum Gasteiger partial charge on any atom is -0.484 e. The summed E-state index contributed by atoms with van der Waals surface area (Å²) >= 11 is 0. The Bertz CT molecular complexity index is 1130. The summed E-state index contributed by atoms with van der Waals surface area (Å²) in [5, 5.41) is 2.82. The summed E-state index contributed by atoms with van der Waals surface area (Å²) < 4.78 is 33.0. The van der Waals surface area contributed by atoms with Crippen molar-refractivity contribution in [3.8, 4) is 5.75 Å². The number of carbonyl (C=O) groups is 1. The van der Waals surface area contributed by atoms with Crippen LogP contribution in [0.3, 0.4) is 0 Å². The molecule has 3 aromatic carbocycles. The van der Waals surface area contributed by atoms with Crippen molar-refractivity contribution in [1.29, 1.82) is 0 Å². The van der Waals surface area contributed by atoms with Gasteiger partial charge in [0.05, 0.1) is 4.90 Å². The molecule has 0 bridgehead atoms. The Balaban J connectivity index is 1.51. The van der Waals surface area contributed by atoms with Crippen LogP contribution in [0.2, 0.25) is 0 Å². The maximum Gasteiger partial charge on any atom is 0.262 e. The first-order valence-electron chi connectivity index (χ1n) is 9.98. The van der Waals surface area contributed by atoms with Gasteiger partial charge in [0.2, 0.25) is 10.0 Å². The van der Waals surface area contributed by atoms with E-state index in [1.54, 1.807) is 0 Å². The number of rotatable bonds is 9. The van der Waals surface area contributed by atoms with Gasteiger partial charge in [0, 0.05) is 12.2 Å². The van der Waals surface area contributed by atoms with Crippen molar-refractivity contribution in [2.45, 2.75) is 25.2 Å². The van der Waals surface area contributed by atoms with Crippen LogP contribution in [0.25, 0.3) is 0 Å². The first-order chi connectivity index (χ1) is 14.8. The molecular formula is C24H26N2O4S. The Morgan fingerprint density at radius 1 is 0.903 bits per heavy atom. The highest BCUT2D eigenvalue weighted by Crippen LogP contribution is 2.19. The van der Waals surface area contributed by atoms with Crippen LogP contribution in [0, 0.1) is 13.8 Å². The zero-order valence-corrected chi connectivity index (χ0v) is 18.4. The summed E-state index contributed by atoms with van der Waals surface area (Å²) in [6.45, 7) is 4.06. The number of hydrogen-bond acceptors (Lipinski definition) is 4. The Kier molecular flexibility index (Phi) is 7.44. The molecule has 3 aromatic rings. The summed E-state index contributed by atoms with van der Waals surface area (Å²) in [4.78, 5) is 12.3. The number of carbonyl (C=O) groups excluding carboxylic acids is 1. The smallest absolute Gasteiger partial charge is 0.262 e. The van der Waals surface area contributed by atoms with Gasteiger partial charge in [-0.2, -0.15) is 0 Å². The molecule has 0 saturated carbocycles. The van der Waals surface area contributed by atoms with Crippen molar-refractivity contribution >= 4 is 21.6 Å². The minimum absolute atomic E-state index is 0.146. The molecule has 0 saturated heterocycles. The van der Waals surface area contributed by atoms with Gasteiger partial charge in [-0.1, -0.05) is 42.5 Å². The summed E-state index contributed by atoms with van der Waals surface area (Å²) in [6, 6.07) is 21.4. The van der Waals surface area contributed by atoms with E-state index >= 15 is 0 Å². The van der Waals surface area contributed by atoms with E-state index in [1.807, 2.05) is 62.4 Å². The van der Waals surface area contributed by atoms with Crippen molar-refractivity contribution in [2.75, 3.05) is 18.5 Å². The Morgan fingerprint density at radius 2 is 1.61 bits per heavy atom. The van der Waals surface area contributed by atoms with Crippen LogP contribution in [0.5, 0.6) is 5.75 Å². The van der Waals surface area contributed by atoms with E-state index in [2.05, 4.69) is 10.0 Å². The van der Waals surface area contributed by atoms with Crippen LogP contribution in [-0.4, -0.2) is 27.5 Å². The van der Waals surface area contributed by atoms with E-state index in [-0.39, 0.29) is 17.4 Å². The highest BCUT2D eigenvalue weighted by molar-refractivity contribution is 7.89. The molecule has 0 aliphatic heterocycles. The Hall–Kier alpha value is -3.16. The van der Waals surface area contributed by atoms with E-state index in [0.717, 1.165) is 22.4 Å². The third-order valence-electron chi connectivity index (χ3n) is 4.93. The number of anilines is 1. The molecule has 0 unspecified atom stereocenters. The van der Waals surface area contributed by atoms with Crippen molar-refractivity contribution in [3.63, 3.8) is 0 Å². The summed E-state index contributed by atoms with van der Waals surface area (Å²) in [7, 11) is -3.61. The minimum atomic E-state index is -3.61. The molecule has 7 heteroatoms. The predicted molar refractivity (Wildman–Crippen MR) is 122 cm³/mol. The molecule has 0 fully saturated rings. The standard InChI is InChI=1S/C24H26N2O4S/c1-18-7-6-10-23(19(18)2)26-24(27)17-30-21-11-13-22(14-12-21)31(28,29)25-16-15-20-8-4-3-5-9-20/h3-14,25H,15-17H2,1-2H3,(H,26,27). The number of sulfonamides is 1. The third-order valence-corrected chi connectivity index (χ3v) is 6.41. The first-order valence-corrected chi connectivity index (χ1v) is 11.5. The van der Waals surface area contributed by atoms with Crippen molar-refractivity contribution in [3.05, 3.63) is 89.5 Å².